The van der Waals surface area contributed by atoms with E-state index in [0.29, 0.717) is 27.0 Å². The lowest BCUT2D eigenvalue weighted by Gasteiger charge is -1.94. The zero-order valence-electron chi connectivity index (χ0n) is 10.0. The molecule has 7 nitrogen and oxygen atoms in total. The first-order valence-electron chi connectivity index (χ1n) is 5.57. The summed E-state index contributed by atoms with van der Waals surface area (Å²) in [6.45, 7) is 3.64. The van der Waals surface area contributed by atoms with Crippen LogP contribution in [0.25, 0.3) is 24.0 Å². The van der Waals surface area contributed by atoms with Crippen molar-refractivity contribution in [2.24, 2.45) is 0 Å². The van der Waals surface area contributed by atoms with E-state index in [1.165, 1.54) is 6.07 Å². The number of aromatic nitrogens is 3. The second-order valence-electron chi connectivity index (χ2n) is 4.05. The lowest BCUT2D eigenvalue weighted by Crippen LogP contribution is -2.21. The molecule has 2 aliphatic rings. The molecule has 3 heterocycles. The maximum atomic E-state index is 11.9. The smallest absolute Gasteiger partial charge is 0.324 e. The van der Waals surface area contributed by atoms with Crippen LogP contribution in [0.5, 0.6) is 0 Å². The molecular formula is C12H8N4O3S. The van der Waals surface area contributed by atoms with Crippen LogP contribution in [0, 0.1) is 10.1 Å². The van der Waals surface area contributed by atoms with Gasteiger partial charge < -0.3 is 9.97 Å². The lowest BCUT2D eigenvalue weighted by molar-refractivity contribution is -0.380. The summed E-state index contributed by atoms with van der Waals surface area (Å²) in [5.41, 5.74) is 0.776. The molecule has 3 rings (SSSR count). The number of H-pyrrole nitrogens is 2. The summed E-state index contributed by atoms with van der Waals surface area (Å²) in [7, 11) is 0. The molecule has 0 saturated carbocycles. The number of hydrogen-bond acceptors (Lipinski definition) is 5. The summed E-state index contributed by atoms with van der Waals surface area (Å²) in [6, 6.07) is 3.02. The van der Waals surface area contributed by atoms with Crippen LogP contribution in [0.2, 0.25) is 0 Å². The minimum Gasteiger partial charge on any atom is -0.346 e. The molecule has 2 aliphatic heterocycles. The van der Waals surface area contributed by atoms with Crippen LogP contribution in [0.4, 0.5) is 5.00 Å². The van der Waals surface area contributed by atoms with Gasteiger partial charge in [-0.15, -0.1) is 0 Å². The van der Waals surface area contributed by atoms with E-state index < -0.39 is 4.92 Å². The van der Waals surface area contributed by atoms with Gasteiger partial charge in [0.25, 0.3) is 5.56 Å². The number of fused-ring (bicyclic) bond motifs is 1. The van der Waals surface area contributed by atoms with Crippen LogP contribution in [0.15, 0.2) is 23.1 Å². The predicted molar refractivity (Wildman–Crippen MR) is 75.1 cm³/mol. The largest absolute Gasteiger partial charge is 0.346 e. The third-order valence-corrected chi connectivity index (χ3v) is 3.71. The van der Waals surface area contributed by atoms with Crippen molar-refractivity contribution in [2.45, 2.75) is 0 Å². The quantitative estimate of drug-likeness (QED) is 0.526. The summed E-state index contributed by atoms with van der Waals surface area (Å²) < 4.78 is 0. The molecule has 0 unspecified atom stereocenters. The molecule has 0 saturated heterocycles. The van der Waals surface area contributed by atoms with Crippen LogP contribution in [-0.2, 0) is 0 Å². The molecule has 100 valence electrons. The second-order valence-corrected chi connectivity index (χ2v) is 5.15. The number of rotatable bonds is 2. The van der Waals surface area contributed by atoms with E-state index in [1.807, 2.05) is 0 Å². The number of thiophene rings is 1. The maximum Gasteiger partial charge on any atom is 0.324 e. The summed E-state index contributed by atoms with van der Waals surface area (Å²) >= 11 is 1.01. The fourth-order valence-electron chi connectivity index (χ4n) is 1.85. The maximum absolute atomic E-state index is 11.9. The van der Waals surface area contributed by atoms with E-state index >= 15 is 0 Å². The molecule has 0 fully saturated rings. The van der Waals surface area contributed by atoms with Crippen molar-refractivity contribution in [3.63, 3.8) is 0 Å². The minimum absolute atomic E-state index is 0.0354. The Morgan fingerprint density at radius 2 is 2.25 bits per heavy atom. The molecule has 0 radical (unpaired) electrons. The van der Waals surface area contributed by atoms with Crippen molar-refractivity contribution >= 4 is 29.0 Å². The first-order chi connectivity index (χ1) is 9.54. The van der Waals surface area contributed by atoms with Crippen molar-refractivity contribution in [1.29, 1.82) is 0 Å². The average Bonchev–Trinajstić information content (AvgIpc) is 2.96. The van der Waals surface area contributed by atoms with Gasteiger partial charge in [-0.25, -0.2) is 4.98 Å². The normalized spacial score (nSPS) is 12.1. The Hall–Kier alpha value is -2.74. The highest BCUT2D eigenvalue weighted by molar-refractivity contribution is 7.16. The van der Waals surface area contributed by atoms with E-state index in [9.17, 15) is 14.9 Å². The van der Waals surface area contributed by atoms with E-state index in [1.54, 1.807) is 18.3 Å². The molecule has 0 amide bonds. The second kappa shape index (κ2) is 4.42. The topological polar surface area (TPSA) is 105 Å². The molecule has 8 heteroatoms. The number of hydrogen-bond donors (Lipinski definition) is 2. The zero-order valence-corrected chi connectivity index (χ0v) is 10.9. The Balaban J connectivity index is 2.21. The standard InChI is InChI=1S/C12H8N4O3S/c1-6-13-5-9-8(12(17)15-11(9)14-6)4-7-2-3-10(20-7)16(18)19/h2-5,13H,1H2,(H,14,15,17). The molecule has 2 N–H and O–H groups in total. The average molecular weight is 288 g/mol. The highest BCUT2D eigenvalue weighted by Gasteiger charge is 2.12. The molecule has 1 aromatic rings. The van der Waals surface area contributed by atoms with E-state index in [2.05, 4.69) is 21.5 Å². The molecule has 0 aliphatic carbocycles. The molecular weight excluding hydrogens is 280 g/mol. The summed E-state index contributed by atoms with van der Waals surface area (Å²) in [4.78, 5) is 32.3. The Kier molecular flexibility index (Phi) is 2.72. The van der Waals surface area contributed by atoms with Gasteiger partial charge in [-0.2, -0.15) is 0 Å². The Morgan fingerprint density at radius 1 is 1.45 bits per heavy atom. The monoisotopic (exact) mass is 288 g/mol. The SMILES string of the molecule is C=c1nc2[nH]c(=O)c(=Cc3ccc([N+](=O)[O-])s3)c-2c[nH]1. The van der Waals surface area contributed by atoms with Crippen molar-refractivity contribution in [1.82, 2.24) is 15.0 Å². The van der Waals surface area contributed by atoms with Crippen molar-refractivity contribution in [3.05, 3.63) is 54.4 Å². The van der Waals surface area contributed by atoms with E-state index in [-0.39, 0.29) is 10.6 Å². The van der Waals surface area contributed by atoms with Crippen molar-refractivity contribution < 1.29 is 4.92 Å². The fraction of sp³-hybridized carbons (Fsp3) is 0. The number of aromatic amines is 2. The number of nitro groups is 1. The zero-order chi connectivity index (χ0) is 14.3. The lowest BCUT2D eigenvalue weighted by atomic mass is 10.2. The van der Waals surface area contributed by atoms with Gasteiger partial charge in [-0.3, -0.25) is 14.9 Å². The molecule has 20 heavy (non-hydrogen) atoms. The van der Waals surface area contributed by atoms with E-state index in [0.717, 1.165) is 11.3 Å². The third kappa shape index (κ3) is 2.01. The van der Waals surface area contributed by atoms with Crippen molar-refractivity contribution in [2.75, 3.05) is 0 Å². The van der Waals surface area contributed by atoms with Gasteiger partial charge in [-0.1, -0.05) is 17.9 Å². The first-order valence-corrected chi connectivity index (χ1v) is 6.38. The molecule has 0 atom stereocenters. The summed E-state index contributed by atoms with van der Waals surface area (Å²) in [5, 5.41) is 11.1. The Bertz CT molecular complexity index is 936. The van der Waals surface area contributed by atoms with Crippen LogP contribution in [-0.4, -0.2) is 19.9 Å². The molecule has 0 aromatic carbocycles. The van der Waals surface area contributed by atoms with Crippen LogP contribution < -0.4 is 16.3 Å². The van der Waals surface area contributed by atoms with Gasteiger partial charge in [0.15, 0.2) is 0 Å². The molecule has 0 spiro atoms. The highest BCUT2D eigenvalue weighted by atomic mass is 32.1. The summed E-state index contributed by atoms with van der Waals surface area (Å²) in [5.74, 6) is 0.441. The predicted octanol–water partition coefficient (Wildman–Crippen LogP) is 0.412. The molecule has 1 aromatic heterocycles. The number of nitrogens with zero attached hydrogens (tertiary/aromatic N) is 2. The van der Waals surface area contributed by atoms with Gasteiger partial charge >= 0.3 is 5.00 Å². The van der Waals surface area contributed by atoms with Gasteiger partial charge in [-0.05, 0) is 12.1 Å². The number of nitrogens with one attached hydrogen (secondary N) is 2. The van der Waals surface area contributed by atoms with Crippen LogP contribution in [0.1, 0.15) is 4.88 Å². The third-order valence-electron chi connectivity index (χ3n) is 2.73. The fourth-order valence-corrected chi connectivity index (χ4v) is 2.62. The van der Waals surface area contributed by atoms with Crippen molar-refractivity contribution in [3.8, 4) is 11.4 Å². The van der Waals surface area contributed by atoms with Gasteiger partial charge in [0.05, 0.1) is 10.1 Å². The van der Waals surface area contributed by atoms with Crippen LogP contribution in [0.3, 0.4) is 0 Å². The summed E-state index contributed by atoms with van der Waals surface area (Å²) in [6.07, 6.45) is 3.24. The highest BCUT2D eigenvalue weighted by Crippen LogP contribution is 2.24. The Morgan fingerprint density at radius 3 is 2.95 bits per heavy atom. The first kappa shape index (κ1) is 12.3. The van der Waals surface area contributed by atoms with Gasteiger partial charge in [0.2, 0.25) is 0 Å². The van der Waals surface area contributed by atoms with E-state index in [4.69, 9.17) is 0 Å². The minimum atomic E-state index is -0.459. The Labute approximate surface area is 115 Å². The van der Waals surface area contributed by atoms with Gasteiger partial charge in [0.1, 0.15) is 11.3 Å². The van der Waals surface area contributed by atoms with Crippen LogP contribution >= 0.6 is 11.3 Å². The van der Waals surface area contributed by atoms with Gasteiger partial charge in [0, 0.05) is 22.7 Å². The molecule has 0 bridgehead atoms.